The number of rotatable bonds is 12. The number of carbonyl (C=O) groups is 5. The number of benzene rings is 4. The van der Waals surface area contributed by atoms with Gasteiger partial charge in [0, 0.05) is 82.7 Å². The van der Waals surface area contributed by atoms with Gasteiger partial charge in [0.25, 0.3) is 0 Å². The van der Waals surface area contributed by atoms with Crippen LogP contribution < -0.4 is 5.32 Å². The molecule has 0 radical (unpaired) electrons. The molecule has 0 bridgehead atoms. The van der Waals surface area contributed by atoms with Gasteiger partial charge < -0.3 is 44.9 Å². The molecule has 5 saturated heterocycles. The van der Waals surface area contributed by atoms with E-state index in [0.29, 0.717) is 43.6 Å². The maximum absolute atomic E-state index is 12.1. The topological polar surface area (TPSA) is 180 Å². The molecule has 450 valence electrons. The molecule has 4 N–H and O–H groups in total. The Morgan fingerprint density at radius 3 is 1.04 bits per heavy atom. The second kappa shape index (κ2) is 47.8. The van der Waals surface area contributed by atoms with Crippen LogP contribution in [-0.2, 0) is 28.7 Å². The highest BCUT2D eigenvalue weighted by Gasteiger charge is 2.35. The average molecular weight is 1130 g/mol. The van der Waals surface area contributed by atoms with Gasteiger partial charge in [-0.1, -0.05) is 177 Å². The summed E-state index contributed by atoms with van der Waals surface area (Å²) in [6.07, 6.45) is 22.5. The Bertz CT molecular complexity index is 2350. The van der Waals surface area contributed by atoms with Gasteiger partial charge in [-0.2, -0.15) is 0 Å². The first-order chi connectivity index (χ1) is 40.1. The van der Waals surface area contributed by atoms with E-state index in [1.54, 1.807) is 29.2 Å². The molecule has 5 heterocycles. The van der Waals surface area contributed by atoms with Gasteiger partial charge >= 0.3 is 5.97 Å². The number of aliphatic hydroxyl groups excluding tert-OH is 2. The Kier molecular flexibility index (Phi) is 42.7. The first kappa shape index (κ1) is 73.2. The third kappa shape index (κ3) is 32.6. The summed E-state index contributed by atoms with van der Waals surface area (Å²) in [7, 11) is 0. The normalized spacial score (nSPS) is 17.0. The van der Waals surface area contributed by atoms with Gasteiger partial charge in [0.15, 0.2) is 0 Å². The molecule has 9 rings (SSSR count). The van der Waals surface area contributed by atoms with E-state index in [-0.39, 0.29) is 30.2 Å². The Morgan fingerprint density at radius 1 is 0.463 bits per heavy atom. The molecule has 0 aliphatic carbocycles. The Hall–Kier alpha value is -6.77. The van der Waals surface area contributed by atoms with Crippen molar-refractivity contribution < 1.29 is 44.0 Å². The highest BCUT2D eigenvalue weighted by atomic mass is 16.6. The van der Waals surface area contributed by atoms with Crippen molar-refractivity contribution in [2.45, 2.75) is 113 Å². The summed E-state index contributed by atoms with van der Waals surface area (Å²) < 4.78 is 5.33. The number of piperidine rings is 4. The van der Waals surface area contributed by atoms with Crippen LogP contribution in [0.25, 0.3) is 24.3 Å². The molecule has 0 saturated carbocycles. The molecule has 5 aliphatic rings. The molecule has 0 aromatic heterocycles. The number of hydrogen-bond donors (Lipinski definition) is 4. The summed E-state index contributed by atoms with van der Waals surface area (Å²) >= 11 is 0. The Balaban J connectivity index is 0.000000508. The van der Waals surface area contributed by atoms with Gasteiger partial charge in [0.2, 0.25) is 17.7 Å². The van der Waals surface area contributed by atoms with Gasteiger partial charge in [-0.25, -0.2) is 4.79 Å². The number of epoxide rings is 1. The van der Waals surface area contributed by atoms with Gasteiger partial charge in [-0.15, -0.1) is 0 Å². The van der Waals surface area contributed by atoms with E-state index in [9.17, 15) is 24.0 Å². The van der Waals surface area contributed by atoms with E-state index >= 15 is 0 Å². The molecule has 4 aromatic rings. The molecule has 1 atom stereocenters. The lowest BCUT2D eigenvalue weighted by atomic mass is 9.94. The van der Waals surface area contributed by atoms with Crippen molar-refractivity contribution in [3.05, 3.63) is 168 Å². The molecule has 3 amide bonds. The maximum atomic E-state index is 12.1. The highest BCUT2D eigenvalue weighted by molar-refractivity contribution is 5.93. The summed E-state index contributed by atoms with van der Waals surface area (Å²) in [6.45, 7) is 24.3. The fourth-order valence-corrected chi connectivity index (χ4v) is 8.72. The van der Waals surface area contributed by atoms with Crippen LogP contribution in [0.2, 0.25) is 0 Å². The molecule has 13 heteroatoms. The van der Waals surface area contributed by atoms with E-state index in [0.717, 1.165) is 132 Å². The van der Waals surface area contributed by atoms with Crippen LogP contribution in [0.4, 0.5) is 0 Å². The zero-order valence-corrected chi connectivity index (χ0v) is 50.7. The third-order valence-electron chi connectivity index (χ3n) is 13.6. The second-order valence-electron chi connectivity index (χ2n) is 19.0. The van der Waals surface area contributed by atoms with Crippen LogP contribution in [0.3, 0.4) is 0 Å². The van der Waals surface area contributed by atoms with Crippen molar-refractivity contribution in [2.75, 3.05) is 72.2 Å². The SMILES string of the molecule is CC.CC.CC.CC.O=C(/C=C/c1ccccc1)N1CCC(C2CO2)CC1.O=C(/C=C/c1ccccc1)N1CCC(CO)CC1.O=C(O)/C=C/c1ccccc1.O=CC1CCN(C(=O)/C=C/c2ccccc2)CC1.OCC1CCNCC1. The van der Waals surface area contributed by atoms with Gasteiger partial charge in [0.05, 0.1) is 12.7 Å². The number of aliphatic hydroxyl groups is 2. The molecule has 0 spiro atoms. The third-order valence-corrected chi connectivity index (χ3v) is 13.6. The van der Waals surface area contributed by atoms with Crippen LogP contribution in [-0.4, -0.2) is 138 Å². The number of nitrogens with one attached hydrogen (secondary N) is 1. The average Bonchev–Trinajstić information content (AvgIpc) is 4.43. The fraction of sp³-hybridized carbons (Fsp3) is 0.464. The van der Waals surface area contributed by atoms with Crippen molar-refractivity contribution in [3.63, 3.8) is 0 Å². The van der Waals surface area contributed by atoms with Crippen molar-refractivity contribution in [1.29, 1.82) is 0 Å². The lowest BCUT2D eigenvalue weighted by Crippen LogP contribution is -2.38. The van der Waals surface area contributed by atoms with Crippen molar-refractivity contribution in [2.24, 2.45) is 23.7 Å². The van der Waals surface area contributed by atoms with E-state index in [1.807, 2.05) is 205 Å². The predicted molar refractivity (Wildman–Crippen MR) is 338 cm³/mol. The van der Waals surface area contributed by atoms with Crippen LogP contribution >= 0.6 is 0 Å². The van der Waals surface area contributed by atoms with Crippen molar-refractivity contribution in [1.82, 2.24) is 20.0 Å². The summed E-state index contributed by atoms with van der Waals surface area (Å²) in [4.78, 5) is 62.2. The first-order valence-corrected chi connectivity index (χ1v) is 30.2. The minimum atomic E-state index is -0.922. The van der Waals surface area contributed by atoms with Crippen LogP contribution in [0, 0.1) is 23.7 Å². The quantitative estimate of drug-likeness (QED) is 0.0606. The summed E-state index contributed by atoms with van der Waals surface area (Å²) in [5.41, 5.74) is 4.02. The standard InChI is InChI=1S/C16H19NO2.C15H19NO2.C15H17NO2.C9H8O2.C6H13NO.4C2H6/c18-16(7-6-13-4-2-1-3-5-13)17-10-8-14(9-11-17)15-12-19-15;2*17-12-14-8-10-16(11-9-14)15(18)7-6-13-4-2-1-3-5-13;10-9(11)7-6-8-4-2-1-3-5-8;8-5-6-1-3-7-4-2-6;4*1-2/h1-7,14-15H,8-12H2;1-7,14,17H,8-12H2;1-7,12,14H,8-11H2;1-7H,(H,10,11);6-8H,1-5H2;4*1-2H3/b4*7-6+;;;;;. The van der Waals surface area contributed by atoms with Gasteiger partial charge in [0.1, 0.15) is 6.29 Å². The summed E-state index contributed by atoms with van der Waals surface area (Å²) in [5, 5.41) is 29.2. The number of carboxylic acids is 1. The second-order valence-corrected chi connectivity index (χ2v) is 19.0. The highest BCUT2D eigenvalue weighted by Crippen LogP contribution is 2.29. The monoisotopic (exact) mass is 1130 g/mol. The summed E-state index contributed by atoms with van der Waals surface area (Å²) in [6, 6.07) is 38.8. The van der Waals surface area contributed by atoms with Crippen LogP contribution in [0.5, 0.6) is 0 Å². The smallest absolute Gasteiger partial charge is 0.328 e. The lowest BCUT2D eigenvalue weighted by Gasteiger charge is -2.30. The van der Waals surface area contributed by atoms with E-state index < -0.39 is 5.97 Å². The number of aldehydes is 1. The minimum absolute atomic E-state index is 0.0307. The van der Waals surface area contributed by atoms with Crippen molar-refractivity contribution >= 4 is 54.3 Å². The Morgan fingerprint density at radius 2 is 0.756 bits per heavy atom. The lowest BCUT2D eigenvalue weighted by molar-refractivity contribution is -0.131. The molecule has 4 aromatic carbocycles. The van der Waals surface area contributed by atoms with Gasteiger partial charge in [-0.05, 0) is 129 Å². The molecule has 82 heavy (non-hydrogen) atoms. The van der Waals surface area contributed by atoms with Crippen molar-refractivity contribution in [3.8, 4) is 0 Å². The zero-order chi connectivity index (χ0) is 60.6. The summed E-state index contributed by atoms with van der Waals surface area (Å²) in [5.74, 6) is 1.05. The van der Waals surface area contributed by atoms with Crippen LogP contribution in [0.1, 0.15) is 129 Å². The van der Waals surface area contributed by atoms with E-state index in [4.69, 9.17) is 20.1 Å². The molecule has 5 fully saturated rings. The van der Waals surface area contributed by atoms with Crippen LogP contribution in [0.15, 0.2) is 146 Å². The van der Waals surface area contributed by atoms with E-state index in [1.165, 1.54) is 0 Å². The number of amides is 3. The minimum Gasteiger partial charge on any atom is -0.478 e. The maximum Gasteiger partial charge on any atom is 0.328 e. The number of carboxylic acid groups (broad SMARTS) is 1. The number of likely N-dealkylation sites (tertiary alicyclic amines) is 3. The molecule has 13 nitrogen and oxygen atoms in total. The number of ether oxygens (including phenoxy) is 1. The number of aliphatic carboxylic acids is 1. The first-order valence-electron chi connectivity index (χ1n) is 30.2. The molecular weight excluding hydrogens is 1030 g/mol. The molecular formula is C69H100N4O9. The number of hydrogen-bond acceptors (Lipinski definition) is 9. The fourth-order valence-electron chi connectivity index (χ4n) is 8.72. The number of nitrogens with zero attached hydrogens (tertiary/aromatic N) is 3. The molecule has 1 unspecified atom stereocenters. The van der Waals surface area contributed by atoms with E-state index in [2.05, 4.69) is 5.32 Å². The zero-order valence-electron chi connectivity index (χ0n) is 50.7. The Labute approximate surface area is 492 Å². The van der Waals surface area contributed by atoms with Gasteiger partial charge in [-0.3, -0.25) is 14.4 Å². The number of carbonyl (C=O) groups excluding carboxylic acids is 4. The predicted octanol–water partition coefficient (Wildman–Crippen LogP) is 12.3. The molecule has 5 aliphatic heterocycles. The largest absolute Gasteiger partial charge is 0.478 e.